The van der Waals surface area contributed by atoms with Gasteiger partial charge in [0.1, 0.15) is 0 Å². The first-order valence-corrected chi connectivity index (χ1v) is 5.17. The number of imide groups is 1. The second kappa shape index (κ2) is 4.44. The van der Waals surface area contributed by atoms with Crippen LogP contribution in [0.4, 0.5) is 0 Å². The van der Waals surface area contributed by atoms with Gasteiger partial charge >= 0.3 is 5.97 Å². The van der Waals surface area contributed by atoms with E-state index in [1.165, 1.54) is 0 Å². The fraction of sp³-hybridized carbons (Fsp3) is 0.500. The Hall–Kier alpha value is -1.69. The highest BCUT2D eigenvalue weighted by Gasteiger charge is 2.31. The molecule has 0 aliphatic carbocycles. The second-order valence-corrected chi connectivity index (χ2v) is 3.76. The molecule has 0 spiro atoms. The average molecular weight is 224 g/mol. The smallest absolute Gasteiger partial charge is 0.329 e. The summed E-state index contributed by atoms with van der Waals surface area (Å²) in [6.45, 7) is 1.41. The van der Waals surface area contributed by atoms with Crippen LogP contribution in [0.25, 0.3) is 0 Å². The number of hydroxylamine groups is 2. The summed E-state index contributed by atoms with van der Waals surface area (Å²) in [4.78, 5) is 38.6. The maximum absolute atomic E-state index is 11.6. The van der Waals surface area contributed by atoms with Crippen LogP contribution in [-0.4, -0.2) is 35.9 Å². The summed E-state index contributed by atoms with van der Waals surface area (Å²) >= 11 is 0. The molecule has 1 unspecified atom stereocenters. The van der Waals surface area contributed by atoms with Crippen molar-refractivity contribution in [1.29, 1.82) is 0 Å². The second-order valence-electron chi connectivity index (χ2n) is 3.76. The molecular weight excluding hydrogens is 212 g/mol. The number of hydrogen-bond donors (Lipinski definition) is 1. The van der Waals surface area contributed by atoms with Gasteiger partial charge in [-0.1, -0.05) is 5.06 Å². The Labute approximate surface area is 92.2 Å². The maximum Gasteiger partial charge on any atom is 0.337 e. The molecule has 0 radical (unpaired) electrons. The van der Waals surface area contributed by atoms with E-state index in [1.807, 2.05) is 0 Å². The van der Waals surface area contributed by atoms with Crippen molar-refractivity contribution in [3.8, 4) is 0 Å². The zero-order chi connectivity index (χ0) is 11.5. The van der Waals surface area contributed by atoms with Gasteiger partial charge in [-0.2, -0.15) is 0 Å². The monoisotopic (exact) mass is 224 g/mol. The van der Waals surface area contributed by atoms with Crippen molar-refractivity contribution in [3.05, 3.63) is 12.2 Å². The van der Waals surface area contributed by atoms with Gasteiger partial charge in [-0.3, -0.25) is 9.59 Å². The van der Waals surface area contributed by atoms with Crippen LogP contribution in [0, 0.1) is 5.92 Å². The van der Waals surface area contributed by atoms with Crippen LogP contribution in [0.1, 0.15) is 12.8 Å². The number of amides is 2. The van der Waals surface area contributed by atoms with Crippen molar-refractivity contribution in [3.63, 3.8) is 0 Å². The van der Waals surface area contributed by atoms with E-state index in [0.717, 1.165) is 31.5 Å². The molecule has 0 bridgehead atoms. The predicted octanol–water partition coefficient (Wildman–Crippen LogP) is -0.631. The first kappa shape index (κ1) is 10.8. The third-order valence-corrected chi connectivity index (χ3v) is 2.58. The van der Waals surface area contributed by atoms with E-state index in [1.54, 1.807) is 0 Å². The lowest BCUT2D eigenvalue weighted by Gasteiger charge is -2.22. The molecule has 1 fully saturated rings. The van der Waals surface area contributed by atoms with Gasteiger partial charge in [0.25, 0.3) is 11.8 Å². The van der Waals surface area contributed by atoms with Crippen LogP contribution in [0.5, 0.6) is 0 Å². The largest absolute Gasteiger partial charge is 0.337 e. The Balaban J connectivity index is 1.91. The zero-order valence-electron chi connectivity index (χ0n) is 8.64. The first-order valence-electron chi connectivity index (χ1n) is 5.17. The molecule has 1 atom stereocenters. The molecule has 2 rings (SSSR count). The quantitative estimate of drug-likeness (QED) is 0.632. The van der Waals surface area contributed by atoms with Crippen molar-refractivity contribution in [2.45, 2.75) is 12.8 Å². The number of carbonyl (C=O) groups is 3. The summed E-state index contributed by atoms with van der Waals surface area (Å²) in [6, 6.07) is 0. The van der Waals surface area contributed by atoms with Gasteiger partial charge < -0.3 is 10.2 Å². The first-order chi connectivity index (χ1) is 7.68. The summed E-state index contributed by atoms with van der Waals surface area (Å²) in [5.41, 5.74) is 0. The molecule has 6 heteroatoms. The molecule has 86 valence electrons. The van der Waals surface area contributed by atoms with Gasteiger partial charge in [0.15, 0.2) is 0 Å². The average Bonchev–Trinajstić information content (AvgIpc) is 2.62. The number of nitrogens with zero attached hydrogens (tertiary/aromatic N) is 1. The van der Waals surface area contributed by atoms with Crippen molar-refractivity contribution in [2.24, 2.45) is 5.92 Å². The summed E-state index contributed by atoms with van der Waals surface area (Å²) in [5, 5.41) is 3.56. The number of nitrogens with one attached hydrogen (secondary N) is 1. The summed E-state index contributed by atoms with van der Waals surface area (Å²) in [6.07, 6.45) is 3.76. The molecule has 1 saturated heterocycles. The summed E-state index contributed by atoms with van der Waals surface area (Å²) in [5.74, 6) is -2.03. The van der Waals surface area contributed by atoms with Crippen LogP contribution in [0.2, 0.25) is 0 Å². The molecule has 6 nitrogen and oxygen atoms in total. The van der Waals surface area contributed by atoms with Gasteiger partial charge in [0.05, 0.1) is 5.92 Å². The normalized spacial score (nSPS) is 25.0. The van der Waals surface area contributed by atoms with E-state index in [4.69, 9.17) is 4.84 Å². The van der Waals surface area contributed by atoms with Gasteiger partial charge in [0, 0.05) is 18.7 Å². The Morgan fingerprint density at radius 3 is 2.62 bits per heavy atom. The molecule has 0 saturated carbocycles. The van der Waals surface area contributed by atoms with Crippen LogP contribution >= 0.6 is 0 Å². The van der Waals surface area contributed by atoms with Crippen molar-refractivity contribution in [1.82, 2.24) is 10.4 Å². The maximum atomic E-state index is 11.6. The molecule has 2 amide bonds. The molecular formula is C10H12N2O4. The van der Waals surface area contributed by atoms with Crippen molar-refractivity contribution in [2.75, 3.05) is 13.1 Å². The predicted molar refractivity (Wildman–Crippen MR) is 52.7 cm³/mol. The standard InChI is InChI=1S/C10H12N2O4/c13-8-3-4-9(14)12(8)16-10(15)7-2-1-5-11-6-7/h3-4,7,11H,1-2,5-6H2. The minimum absolute atomic E-state index is 0.282. The highest BCUT2D eigenvalue weighted by Crippen LogP contribution is 2.14. The molecule has 0 aromatic rings. The number of carbonyl (C=O) groups excluding carboxylic acids is 3. The fourth-order valence-electron chi connectivity index (χ4n) is 1.69. The van der Waals surface area contributed by atoms with E-state index in [2.05, 4.69) is 5.32 Å². The number of hydrogen-bond acceptors (Lipinski definition) is 5. The van der Waals surface area contributed by atoms with Crippen LogP contribution in [0.3, 0.4) is 0 Å². The minimum atomic E-state index is -0.609. The number of piperidine rings is 1. The molecule has 2 aliphatic heterocycles. The van der Waals surface area contributed by atoms with Gasteiger partial charge in [-0.25, -0.2) is 4.79 Å². The third-order valence-electron chi connectivity index (χ3n) is 2.58. The Bertz CT molecular complexity index is 340. The van der Waals surface area contributed by atoms with Crippen LogP contribution in [-0.2, 0) is 19.2 Å². The van der Waals surface area contributed by atoms with E-state index < -0.39 is 17.8 Å². The highest BCUT2D eigenvalue weighted by molar-refractivity contribution is 6.12. The Morgan fingerprint density at radius 2 is 2.06 bits per heavy atom. The van der Waals surface area contributed by atoms with Crippen molar-refractivity contribution < 1.29 is 19.2 Å². The van der Waals surface area contributed by atoms with E-state index in [-0.39, 0.29) is 5.92 Å². The SMILES string of the molecule is O=C(ON1C(=O)C=CC1=O)C1CCCNC1. The lowest BCUT2D eigenvalue weighted by atomic mass is 10.0. The lowest BCUT2D eigenvalue weighted by molar-refractivity contribution is -0.199. The van der Waals surface area contributed by atoms with Crippen molar-refractivity contribution >= 4 is 17.8 Å². The highest BCUT2D eigenvalue weighted by atomic mass is 16.7. The minimum Gasteiger partial charge on any atom is -0.329 e. The summed E-state index contributed by atoms with van der Waals surface area (Å²) in [7, 11) is 0. The molecule has 2 heterocycles. The van der Waals surface area contributed by atoms with Crippen LogP contribution < -0.4 is 5.32 Å². The fourth-order valence-corrected chi connectivity index (χ4v) is 1.69. The topological polar surface area (TPSA) is 75.7 Å². The van der Waals surface area contributed by atoms with E-state index in [9.17, 15) is 14.4 Å². The Kier molecular flexibility index (Phi) is 3.00. The van der Waals surface area contributed by atoms with E-state index >= 15 is 0 Å². The summed E-state index contributed by atoms with van der Waals surface area (Å²) < 4.78 is 0. The molecule has 16 heavy (non-hydrogen) atoms. The third kappa shape index (κ3) is 2.11. The lowest BCUT2D eigenvalue weighted by Crippen LogP contribution is -2.40. The van der Waals surface area contributed by atoms with Gasteiger partial charge in [-0.05, 0) is 19.4 Å². The molecule has 0 aromatic heterocycles. The van der Waals surface area contributed by atoms with E-state index in [0.29, 0.717) is 11.6 Å². The Morgan fingerprint density at radius 1 is 1.38 bits per heavy atom. The zero-order valence-corrected chi connectivity index (χ0v) is 8.64. The number of rotatable bonds is 2. The molecule has 0 aromatic carbocycles. The van der Waals surface area contributed by atoms with Gasteiger partial charge in [-0.15, -0.1) is 0 Å². The molecule has 2 aliphatic rings. The van der Waals surface area contributed by atoms with Gasteiger partial charge in [0.2, 0.25) is 0 Å². The molecule has 1 N–H and O–H groups in total. The van der Waals surface area contributed by atoms with Crippen LogP contribution in [0.15, 0.2) is 12.2 Å².